The molecule has 1 aromatic rings. The molecule has 1 N–H and O–H groups in total. The van der Waals surface area contributed by atoms with Crippen LogP contribution in [0, 0.1) is 5.92 Å². The largest absolute Gasteiger partial charge is 0.490 e. The molecule has 35 heavy (non-hydrogen) atoms. The zero-order valence-corrected chi connectivity index (χ0v) is 23.9. The Hall–Kier alpha value is -1.13. The Bertz CT molecular complexity index is 887. The molecular weight excluding hydrogens is 472 g/mol. The third kappa shape index (κ3) is 6.42. The van der Waals surface area contributed by atoms with Gasteiger partial charge in [0.1, 0.15) is 0 Å². The first-order chi connectivity index (χ1) is 15.5. The lowest BCUT2D eigenvalue weighted by atomic mass is 9.64. The molecule has 2 atom stereocenters. The number of hydrogen-bond donors (Lipinski definition) is 1. The molecule has 1 aromatic carbocycles. The Morgan fingerprint density at radius 3 is 1.83 bits per heavy atom. The molecule has 1 saturated heterocycles. The maximum absolute atomic E-state index is 13.1. The second-order valence-corrected chi connectivity index (χ2v) is 17.1. The number of benzene rings is 1. The highest BCUT2D eigenvalue weighted by molar-refractivity contribution is 6.74. The summed E-state index contributed by atoms with van der Waals surface area (Å²) in [5.74, 6) is -0.585. The van der Waals surface area contributed by atoms with E-state index >= 15 is 0 Å². The second kappa shape index (κ2) is 9.63. The van der Waals surface area contributed by atoms with Crippen LogP contribution in [0.1, 0.15) is 72.9 Å². The van der Waals surface area contributed by atoms with Gasteiger partial charge in [0.2, 0.25) is 0 Å². The van der Waals surface area contributed by atoms with Crippen molar-refractivity contribution >= 4 is 15.4 Å². The maximum Gasteiger partial charge on any atom is 0.490 e. The zero-order chi connectivity index (χ0) is 27.3. The van der Waals surface area contributed by atoms with Crippen molar-refractivity contribution in [3.63, 3.8) is 0 Å². The number of rotatable bonds is 8. The fourth-order valence-corrected chi connectivity index (χ4v) is 4.89. The summed E-state index contributed by atoms with van der Waals surface area (Å²) in [5, 5.41) is 11.7. The topological polar surface area (TPSA) is 47.9 Å². The van der Waals surface area contributed by atoms with Crippen LogP contribution in [0.4, 0.5) is 13.2 Å². The predicted octanol–water partition coefficient (Wildman–Crippen LogP) is 7.13. The lowest BCUT2D eigenvalue weighted by Gasteiger charge is -2.39. The highest BCUT2D eigenvalue weighted by Crippen LogP contribution is 2.45. The molecule has 4 nitrogen and oxygen atoms in total. The van der Waals surface area contributed by atoms with Crippen LogP contribution in [-0.2, 0) is 25.5 Å². The van der Waals surface area contributed by atoms with Gasteiger partial charge in [0, 0.05) is 12.5 Å². The summed E-state index contributed by atoms with van der Waals surface area (Å²) in [6.07, 6.45) is -4.05. The highest BCUT2D eigenvalue weighted by Gasteiger charge is 2.54. The van der Waals surface area contributed by atoms with Crippen molar-refractivity contribution in [3.8, 4) is 0 Å². The molecule has 1 heterocycles. The summed E-state index contributed by atoms with van der Waals surface area (Å²) in [6, 6.07) is 4.62. The van der Waals surface area contributed by atoms with E-state index in [-0.39, 0.29) is 5.04 Å². The Morgan fingerprint density at radius 1 is 1.00 bits per heavy atom. The van der Waals surface area contributed by atoms with Gasteiger partial charge in [-0.2, -0.15) is 13.2 Å². The van der Waals surface area contributed by atoms with Gasteiger partial charge in [-0.1, -0.05) is 32.9 Å². The first-order valence-electron chi connectivity index (χ1n) is 12.1. The minimum absolute atomic E-state index is 0.0151. The van der Waals surface area contributed by atoms with E-state index in [0.717, 1.165) is 12.1 Å². The van der Waals surface area contributed by atoms with E-state index in [9.17, 15) is 18.3 Å². The molecule has 0 aromatic heterocycles. The van der Waals surface area contributed by atoms with Gasteiger partial charge in [0.15, 0.2) is 8.32 Å². The third-order valence-corrected chi connectivity index (χ3v) is 12.7. The number of alkyl halides is 3. The molecular formula is C26H42BF3O4Si. The summed E-state index contributed by atoms with van der Waals surface area (Å²) in [4.78, 5) is 0. The maximum atomic E-state index is 13.1. The molecule has 0 saturated carbocycles. The van der Waals surface area contributed by atoms with Crippen LogP contribution in [0.25, 0.3) is 0 Å². The summed E-state index contributed by atoms with van der Waals surface area (Å²) in [6.45, 7) is 24.7. The van der Waals surface area contributed by atoms with Crippen LogP contribution in [0.15, 0.2) is 36.3 Å². The second-order valence-electron chi connectivity index (χ2n) is 12.3. The molecule has 0 unspecified atom stereocenters. The normalized spacial score (nSPS) is 21.0. The quantitative estimate of drug-likeness (QED) is 0.375. The van der Waals surface area contributed by atoms with Crippen molar-refractivity contribution in [3.05, 3.63) is 47.4 Å². The molecule has 0 spiro atoms. The number of halogens is 3. The lowest BCUT2D eigenvalue weighted by molar-refractivity contribution is -0.137. The van der Waals surface area contributed by atoms with Gasteiger partial charge in [-0.15, -0.1) is 6.58 Å². The van der Waals surface area contributed by atoms with Crippen LogP contribution in [0.2, 0.25) is 18.1 Å². The lowest BCUT2D eigenvalue weighted by Crippen LogP contribution is -2.43. The Morgan fingerprint density at radius 2 is 1.43 bits per heavy atom. The first kappa shape index (κ1) is 30.1. The van der Waals surface area contributed by atoms with Crippen molar-refractivity contribution in [1.82, 2.24) is 0 Å². The minimum Gasteiger partial charge on any atom is -0.417 e. The van der Waals surface area contributed by atoms with Crippen molar-refractivity contribution < 1.29 is 32.0 Å². The molecule has 0 bridgehead atoms. The van der Waals surface area contributed by atoms with Gasteiger partial charge in [0.25, 0.3) is 0 Å². The van der Waals surface area contributed by atoms with Crippen molar-refractivity contribution in [1.29, 1.82) is 0 Å². The van der Waals surface area contributed by atoms with E-state index in [1.807, 2.05) is 27.7 Å². The standard InChI is InChI=1S/C26H42BF3O4Si/c1-18(27-33-23(5,6)24(7,8)34-27)21(16-17-32-35(10,11)22(2,3)4)25(9,31)19-12-14-20(15-13-19)26(28,29)30/h12-15,21,31H,1,16-17H2,2-11H3/t21-,25-/m1/s1. The van der Waals surface area contributed by atoms with Gasteiger partial charge >= 0.3 is 13.3 Å². The van der Waals surface area contributed by atoms with E-state index < -0.39 is 49.9 Å². The van der Waals surface area contributed by atoms with Crippen LogP contribution in [0.5, 0.6) is 0 Å². The molecule has 0 amide bonds. The van der Waals surface area contributed by atoms with Gasteiger partial charge < -0.3 is 18.8 Å². The van der Waals surface area contributed by atoms with E-state index in [1.54, 1.807) is 6.92 Å². The van der Waals surface area contributed by atoms with Crippen molar-refractivity contribution in [2.45, 2.75) is 103 Å². The summed E-state index contributed by atoms with van der Waals surface area (Å²) in [5.41, 5.74) is -2.58. The zero-order valence-electron chi connectivity index (χ0n) is 22.9. The molecule has 0 aliphatic carbocycles. The molecule has 1 aliphatic heterocycles. The minimum atomic E-state index is -4.45. The molecule has 2 rings (SSSR count). The average molecular weight is 515 g/mol. The van der Waals surface area contributed by atoms with Gasteiger partial charge in [-0.25, -0.2) is 0 Å². The van der Waals surface area contributed by atoms with Crippen LogP contribution in [0.3, 0.4) is 0 Å². The van der Waals surface area contributed by atoms with Crippen molar-refractivity contribution in [2.24, 2.45) is 5.92 Å². The monoisotopic (exact) mass is 514 g/mol. The van der Waals surface area contributed by atoms with Gasteiger partial charge in [-0.3, -0.25) is 0 Å². The van der Waals surface area contributed by atoms with Crippen LogP contribution < -0.4 is 0 Å². The van der Waals surface area contributed by atoms with Crippen LogP contribution >= 0.6 is 0 Å². The SMILES string of the molecule is C=C(B1OC(C)(C)C(C)(C)O1)[C@@H](CCO[Si](C)(C)C(C)(C)C)[C@](C)(O)c1ccc(C(F)(F)F)cc1. The fourth-order valence-electron chi connectivity index (χ4n) is 3.83. The van der Waals surface area contributed by atoms with E-state index in [2.05, 4.69) is 40.4 Å². The third-order valence-electron chi connectivity index (χ3n) is 8.15. The average Bonchev–Trinajstić information content (AvgIpc) is 2.90. The Labute approximate surface area is 210 Å². The Kier molecular flexibility index (Phi) is 8.28. The summed E-state index contributed by atoms with van der Waals surface area (Å²) in [7, 11) is -2.81. The van der Waals surface area contributed by atoms with Crippen LogP contribution in [-0.4, -0.2) is 38.4 Å². The van der Waals surface area contributed by atoms with E-state index in [4.69, 9.17) is 13.7 Å². The van der Waals surface area contributed by atoms with Crippen molar-refractivity contribution in [2.75, 3.05) is 6.61 Å². The highest BCUT2D eigenvalue weighted by atomic mass is 28.4. The summed E-state index contributed by atoms with van der Waals surface area (Å²) >= 11 is 0. The molecule has 1 aliphatic rings. The number of aliphatic hydroxyl groups is 1. The van der Waals surface area contributed by atoms with Gasteiger partial charge in [0.05, 0.1) is 22.4 Å². The number of hydrogen-bond acceptors (Lipinski definition) is 4. The molecule has 0 radical (unpaired) electrons. The molecule has 198 valence electrons. The molecule has 1 fully saturated rings. The fraction of sp³-hybridized carbons (Fsp3) is 0.692. The van der Waals surface area contributed by atoms with E-state index in [1.165, 1.54) is 12.1 Å². The van der Waals surface area contributed by atoms with E-state index in [0.29, 0.717) is 24.1 Å². The smallest absolute Gasteiger partial charge is 0.417 e. The summed E-state index contributed by atoms with van der Waals surface area (Å²) < 4.78 is 58.1. The first-order valence-corrected chi connectivity index (χ1v) is 15.0. The predicted molar refractivity (Wildman–Crippen MR) is 137 cm³/mol. The van der Waals surface area contributed by atoms with Gasteiger partial charge in [-0.05, 0) is 82.3 Å². The Balaban J connectivity index is 2.38. The molecule has 9 heteroatoms.